The second-order valence-electron chi connectivity index (χ2n) is 5.59. The van der Waals surface area contributed by atoms with Crippen LogP contribution in [0.1, 0.15) is 31.1 Å². The third-order valence-corrected chi connectivity index (χ3v) is 3.75. The molecule has 0 bridgehead atoms. The fourth-order valence-electron chi connectivity index (χ4n) is 2.41. The van der Waals surface area contributed by atoms with E-state index in [1.54, 1.807) is 18.2 Å². The van der Waals surface area contributed by atoms with Crippen molar-refractivity contribution in [1.29, 1.82) is 0 Å². The minimum atomic E-state index is -1.25. The Morgan fingerprint density at radius 2 is 1.04 bits per heavy atom. The van der Waals surface area contributed by atoms with E-state index in [-0.39, 0.29) is 33.9 Å². The van der Waals surface area contributed by atoms with E-state index in [2.05, 4.69) is 0 Å². The number of ether oxygens (including phenoxy) is 2. The van der Waals surface area contributed by atoms with Gasteiger partial charge in [-0.1, -0.05) is 36.4 Å². The van der Waals surface area contributed by atoms with E-state index in [0.29, 0.717) is 0 Å². The second-order valence-corrected chi connectivity index (χ2v) is 5.59. The molecular weight excluding hydrogens is 364 g/mol. The Morgan fingerprint density at radius 3 is 1.61 bits per heavy atom. The quantitative estimate of drug-likeness (QED) is 0.516. The first kappa shape index (κ1) is 18.7. The van der Waals surface area contributed by atoms with Gasteiger partial charge in [-0.2, -0.15) is 0 Å². The maximum atomic E-state index is 12.5. The third kappa shape index (κ3) is 3.99. The van der Waals surface area contributed by atoms with Gasteiger partial charge < -0.3 is 19.7 Å². The molecule has 0 heterocycles. The van der Waals surface area contributed by atoms with Gasteiger partial charge in [0.15, 0.2) is 0 Å². The maximum absolute atomic E-state index is 12.5. The molecule has 3 aromatic rings. The third-order valence-electron chi connectivity index (χ3n) is 3.75. The molecule has 7 heteroatoms. The van der Waals surface area contributed by atoms with Crippen molar-refractivity contribution in [3.05, 3.63) is 89.5 Å². The summed E-state index contributed by atoms with van der Waals surface area (Å²) in [6.07, 6.45) is 0. The van der Waals surface area contributed by atoms with Gasteiger partial charge in [-0.3, -0.25) is 0 Å². The molecule has 0 fully saturated rings. The fraction of sp³-hybridized carbons (Fsp3) is 0. The van der Waals surface area contributed by atoms with Gasteiger partial charge in [0, 0.05) is 0 Å². The minimum Gasteiger partial charge on any atom is -0.507 e. The van der Waals surface area contributed by atoms with E-state index < -0.39 is 17.9 Å². The normalized spacial score (nSPS) is 10.1. The first-order valence-corrected chi connectivity index (χ1v) is 8.11. The number of phenols is 1. The molecule has 0 unspecified atom stereocenters. The van der Waals surface area contributed by atoms with Crippen molar-refractivity contribution < 1.29 is 34.1 Å². The molecule has 0 aliphatic carbocycles. The van der Waals surface area contributed by atoms with Crippen LogP contribution in [0.25, 0.3) is 0 Å². The predicted octanol–water partition coefficient (Wildman–Crippen LogP) is 3.53. The monoisotopic (exact) mass is 378 g/mol. The average Bonchev–Trinajstić information content (AvgIpc) is 2.69. The van der Waals surface area contributed by atoms with Crippen molar-refractivity contribution >= 4 is 17.9 Å². The highest BCUT2D eigenvalue weighted by Gasteiger charge is 2.21. The van der Waals surface area contributed by atoms with Gasteiger partial charge in [0.05, 0.1) is 0 Å². The Kier molecular flexibility index (Phi) is 5.36. The average molecular weight is 378 g/mol. The van der Waals surface area contributed by atoms with Crippen LogP contribution in [0, 0.1) is 0 Å². The lowest BCUT2D eigenvalue weighted by Gasteiger charge is -2.11. The van der Waals surface area contributed by atoms with Crippen LogP contribution in [0.3, 0.4) is 0 Å². The van der Waals surface area contributed by atoms with Gasteiger partial charge in [0.2, 0.25) is 0 Å². The highest BCUT2D eigenvalue weighted by atomic mass is 16.6. The van der Waals surface area contributed by atoms with E-state index in [1.165, 1.54) is 54.6 Å². The topological polar surface area (TPSA) is 110 Å². The van der Waals surface area contributed by atoms with Crippen molar-refractivity contribution in [3.63, 3.8) is 0 Å². The van der Waals surface area contributed by atoms with Gasteiger partial charge in [-0.25, -0.2) is 14.4 Å². The summed E-state index contributed by atoms with van der Waals surface area (Å²) in [6, 6.07) is 17.3. The van der Waals surface area contributed by atoms with Gasteiger partial charge in [0.1, 0.15) is 33.9 Å². The first-order chi connectivity index (χ1) is 13.5. The Hall–Kier alpha value is -4.13. The molecule has 0 aliphatic rings. The summed E-state index contributed by atoms with van der Waals surface area (Å²) in [7, 11) is 0. The number of esters is 2. The van der Waals surface area contributed by atoms with Gasteiger partial charge in [-0.15, -0.1) is 0 Å². The summed E-state index contributed by atoms with van der Waals surface area (Å²) in [5, 5.41) is 19.0. The Bertz CT molecular complexity index is 1060. The molecule has 0 radical (unpaired) electrons. The Balaban J connectivity index is 1.86. The fourth-order valence-corrected chi connectivity index (χ4v) is 2.41. The maximum Gasteiger partial charge on any atom is 0.347 e. The number of hydrogen-bond donors (Lipinski definition) is 2. The zero-order chi connectivity index (χ0) is 20.1. The Labute approximate surface area is 159 Å². The molecule has 3 rings (SSSR count). The number of carboxylic acid groups (broad SMARTS) is 1. The van der Waals surface area contributed by atoms with Crippen LogP contribution in [0.15, 0.2) is 72.8 Å². The van der Waals surface area contributed by atoms with Crippen molar-refractivity contribution in [1.82, 2.24) is 0 Å². The van der Waals surface area contributed by atoms with E-state index in [4.69, 9.17) is 9.47 Å². The molecule has 0 aliphatic heterocycles. The number of benzene rings is 3. The number of carbonyl (C=O) groups excluding carboxylic acids is 2. The van der Waals surface area contributed by atoms with Crippen LogP contribution in [0.4, 0.5) is 0 Å². The number of aromatic hydroxyl groups is 1. The number of phenolic OH excluding ortho intramolecular Hbond substituents is 1. The molecule has 2 N–H and O–H groups in total. The molecule has 0 aromatic heterocycles. The highest BCUT2D eigenvalue weighted by molar-refractivity contribution is 5.99. The molecule has 0 amide bonds. The molecule has 0 atom stereocenters. The summed E-state index contributed by atoms with van der Waals surface area (Å²) in [5.74, 6) is -3.49. The van der Waals surface area contributed by atoms with Gasteiger partial charge in [-0.05, 0) is 36.4 Å². The summed E-state index contributed by atoms with van der Waals surface area (Å²) >= 11 is 0. The van der Waals surface area contributed by atoms with Crippen LogP contribution in [-0.2, 0) is 0 Å². The molecule has 0 spiro atoms. The minimum absolute atomic E-state index is 0.0677. The zero-order valence-electron chi connectivity index (χ0n) is 14.4. The van der Waals surface area contributed by atoms with Gasteiger partial charge >= 0.3 is 17.9 Å². The molecular formula is C21H14O7. The van der Waals surface area contributed by atoms with Crippen LogP contribution >= 0.6 is 0 Å². The smallest absolute Gasteiger partial charge is 0.347 e. The largest absolute Gasteiger partial charge is 0.507 e. The molecule has 0 saturated heterocycles. The molecule has 140 valence electrons. The lowest BCUT2D eigenvalue weighted by atomic mass is 10.1. The van der Waals surface area contributed by atoms with Gasteiger partial charge in [0.25, 0.3) is 0 Å². The van der Waals surface area contributed by atoms with Crippen molar-refractivity contribution in [3.8, 4) is 17.2 Å². The lowest BCUT2D eigenvalue weighted by Crippen LogP contribution is -2.15. The summed E-state index contributed by atoms with van der Waals surface area (Å²) in [4.78, 5) is 36.1. The summed E-state index contributed by atoms with van der Waals surface area (Å²) < 4.78 is 10.4. The van der Waals surface area contributed by atoms with E-state index in [1.807, 2.05) is 0 Å². The van der Waals surface area contributed by atoms with Crippen LogP contribution in [0.5, 0.6) is 17.2 Å². The number of hydrogen-bond acceptors (Lipinski definition) is 6. The van der Waals surface area contributed by atoms with Crippen LogP contribution in [0.2, 0.25) is 0 Å². The predicted molar refractivity (Wildman–Crippen MR) is 97.9 cm³/mol. The molecule has 7 nitrogen and oxygen atoms in total. The molecule has 28 heavy (non-hydrogen) atoms. The molecule has 3 aromatic carbocycles. The summed E-state index contributed by atoms with van der Waals surface area (Å²) in [5.41, 5.74) is -0.326. The lowest BCUT2D eigenvalue weighted by molar-refractivity contribution is 0.0681. The standard InChI is InChI=1S/C21H14O7/c22-16-10-4-1-7-13(16)20(25)28-18-12-6-3-9-15(18)21(26)27-17-11-5-2-8-14(17)19(23)24/h1-12,22H,(H,23,24). The number of aromatic carboxylic acids is 1. The van der Waals surface area contributed by atoms with Crippen LogP contribution < -0.4 is 9.47 Å². The second kappa shape index (κ2) is 8.05. The van der Waals surface area contributed by atoms with E-state index in [9.17, 15) is 24.6 Å². The number of rotatable bonds is 5. The zero-order valence-corrected chi connectivity index (χ0v) is 14.4. The Morgan fingerprint density at radius 1 is 0.607 bits per heavy atom. The van der Waals surface area contributed by atoms with Crippen LogP contribution in [-0.4, -0.2) is 28.1 Å². The highest BCUT2D eigenvalue weighted by Crippen LogP contribution is 2.25. The van der Waals surface area contributed by atoms with E-state index in [0.717, 1.165) is 0 Å². The SMILES string of the molecule is O=C(Oc1ccccc1C(=O)Oc1ccccc1C(=O)O)c1ccccc1O. The molecule has 0 saturated carbocycles. The number of para-hydroxylation sites is 3. The van der Waals surface area contributed by atoms with E-state index >= 15 is 0 Å². The number of carbonyl (C=O) groups is 3. The van der Waals surface area contributed by atoms with Crippen molar-refractivity contribution in [2.24, 2.45) is 0 Å². The summed E-state index contributed by atoms with van der Waals surface area (Å²) in [6.45, 7) is 0. The first-order valence-electron chi connectivity index (χ1n) is 8.11. The van der Waals surface area contributed by atoms with Crippen molar-refractivity contribution in [2.75, 3.05) is 0 Å². The van der Waals surface area contributed by atoms with Crippen molar-refractivity contribution in [2.45, 2.75) is 0 Å². The number of carboxylic acids is 1.